The number of rotatable bonds is 3. The Kier molecular flexibility index (Phi) is 3.32. The van der Waals surface area contributed by atoms with Gasteiger partial charge >= 0.3 is 5.97 Å². The molecular weight excluding hydrogens is 232 g/mol. The zero-order chi connectivity index (χ0) is 13.1. The topological polar surface area (TPSA) is 75.2 Å². The van der Waals surface area contributed by atoms with Gasteiger partial charge in [-0.1, -0.05) is 29.8 Å². The predicted molar refractivity (Wildman–Crippen MR) is 66.4 cm³/mol. The molecule has 0 fully saturated rings. The van der Waals surface area contributed by atoms with Crippen LogP contribution in [0.25, 0.3) is 11.3 Å². The van der Waals surface area contributed by atoms with Crippen molar-refractivity contribution in [1.29, 1.82) is 0 Å². The first-order chi connectivity index (χ1) is 8.63. The third-order valence-corrected chi connectivity index (χ3v) is 2.55. The van der Waals surface area contributed by atoms with E-state index in [1.165, 1.54) is 0 Å². The number of esters is 1. The van der Waals surface area contributed by atoms with E-state index in [1.54, 1.807) is 6.92 Å². The molecule has 0 bridgehead atoms. The highest BCUT2D eigenvalue weighted by Crippen LogP contribution is 2.30. The Labute approximate surface area is 104 Å². The van der Waals surface area contributed by atoms with E-state index in [2.05, 4.69) is 10.2 Å². The fourth-order valence-electron chi connectivity index (χ4n) is 1.59. The zero-order valence-corrected chi connectivity index (χ0v) is 10.2. The molecule has 0 aliphatic rings. The molecule has 94 valence electrons. The van der Waals surface area contributed by atoms with Crippen molar-refractivity contribution in [3.63, 3.8) is 0 Å². The van der Waals surface area contributed by atoms with E-state index < -0.39 is 5.97 Å². The minimum Gasteiger partial charge on any atom is -0.504 e. The van der Waals surface area contributed by atoms with Crippen LogP contribution in [0.2, 0.25) is 0 Å². The summed E-state index contributed by atoms with van der Waals surface area (Å²) in [6.45, 7) is 3.92. The number of aryl methyl sites for hydroxylation is 1. The average Bonchev–Trinajstić information content (AvgIpc) is 2.73. The van der Waals surface area contributed by atoms with Crippen LogP contribution in [0.4, 0.5) is 0 Å². The van der Waals surface area contributed by atoms with Crippen LogP contribution >= 0.6 is 0 Å². The molecule has 2 N–H and O–H groups in total. The van der Waals surface area contributed by atoms with E-state index in [0.29, 0.717) is 5.69 Å². The number of hydrogen-bond donors (Lipinski definition) is 2. The highest BCUT2D eigenvalue weighted by Gasteiger charge is 2.20. The standard InChI is InChI=1S/C13H14N2O3/c1-3-18-13(17)11-12(16)10(14-15-11)9-6-4-8(2)5-7-9/h4-7,16H,3H2,1-2H3,(H,14,15). The number of nitrogens with one attached hydrogen (secondary N) is 1. The van der Waals surface area contributed by atoms with Crippen LogP contribution in [0.5, 0.6) is 5.75 Å². The van der Waals surface area contributed by atoms with Crippen LogP contribution in [0, 0.1) is 6.92 Å². The summed E-state index contributed by atoms with van der Waals surface area (Å²) in [4.78, 5) is 11.5. The van der Waals surface area contributed by atoms with Crippen molar-refractivity contribution in [3.8, 4) is 17.0 Å². The van der Waals surface area contributed by atoms with E-state index >= 15 is 0 Å². The molecule has 0 aliphatic carbocycles. The number of carbonyl (C=O) groups excluding carboxylic acids is 1. The van der Waals surface area contributed by atoms with E-state index in [9.17, 15) is 9.90 Å². The summed E-state index contributed by atoms with van der Waals surface area (Å²) in [7, 11) is 0. The summed E-state index contributed by atoms with van der Waals surface area (Å²) in [6.07, 6.45) is 0. The van der Waals surface area contributed by atoms with Gasteiger partial charge in [0.25, 0.3) is 0 Å². The Bertz CT molecular complexity index is 558. The maximum Gasteiger partial charge on any atom is 0.360 e. The van der Waals surface area contributed by atoms with Gasteiger partial charge in [0.1, 0.15) is 5.69 Å². The Morgan fingerprint density at radius 1 is 1.39 bits per heavy atom. The van der Waals surface area contributed by atoms with Crippen LogP contribution < -0.4 is 0 Å². The molecule has 0 unspecified atom stereocenters. The fourth-order valence-corrected chi connectivity index (χ4v) is 1.59. The van der Waals surface area contributed by atoms with E-state index in [-0.39, 0.29) is 18.1 Å². The number of nitrogens with zero attached hydrogens (tertiary/aromatic N) is 1. The highest BCUT2D eigenvalue weighted by atomic mass is 16.5. The van der Waals surface area contributed by atoms with Gasteiger partial charge in [-0.25, -0.2) is 4.79 Å². The second-order valence-corrected chi connectivity index (χ2v) is 3.88. The number of aromatic hydroxyl groups is 1. The molecule has 1 aromatic carbocycles. The number of hydrogen-bond acceptors (Lipinski definition) is 4. The van der Waals surface area contributed by atoms with Gasteiger partial charge in [-0.3, -0.25) is 5.10 Å². The van der Waals surface area contributed by atoms with E-state index in [4.69, 9.17) is 4.74 Å². The number of carbonyl (C=O) groups is 1. The van der Waals surface area contributed by atoms with E-state index in [1.807, 2.05) is 31.2 Å². The molecule has 0 aliphatic heterocycles. The van der Waals surface area contributed by atoms with Crippen LogP contribution in [-0.2, 0) is 4.74 Å². The quantitative estimate of drug-likeness (QED) is 0.814. The lowest BCUT2D eigenvalue weighted by Gasteiger charge is -2.00. The van der Waals surface area contributed by atoms with Gasteiger partial charge in [-0.15, -0.1) is 0 Å². The lowest BCUT2D eigenvalue weighted by Crippen LogP contribution is -2.05. The molecule has 1 aromatic heterocycles. The van der Waals surface area contributed by atoms with Crippen LogP contribution in [-0.4, -0.2) is 27.9 Å². The van der Waals surface area contributed by atoms with Crippen LogP contribution in [0.3, 0.4) is 0 Å². The monoisotopic (exact) mass is 246 g/mol. The normalized spacial score (nSPS) is 10.3. The maximum atomic E-state index is 11.5. The molecule has 0 saturated carbocycles. The maximum absolute atomic E-state index is 11.5. The summed E-state index contributed by atoms with van der Waals surface area (Å²) in [5.74, 6) is -0.793. The smallest absolute Gasteiger partial charge is 0.360 e. The van der Waals surface area contributed by atoms with Gasteiger partial charge in [0.2, 0.25) is 0 Å². The minimum absolute atomic E-state index is 0.0209. The Balaban J connectivity index is 2.36. The van der Waals surface area contributed by atoms with Crippen molar-refractivity contribution >= 4 is 5.97 Å². The molecule has 0 amide bonds. The highest BCUT2D eigenvalue weighted by molar-refractivity contribution is 5.92. The molecule has 2 aromatic rings. The SMILES string of the molecule is CCOC(=O)c1[nH]nc(-c2ccc(C)cc2)c1O. The summed E-state index contributed by atoms with van der Waals surface area (Å²) < 4.78 is 4.81. The summed E-state index contributed by atoms with van der Waals surface area (Å²) in [5, 5.41) is 16.4. The molecule has 18 heavy (non-hydrogen) atoms. The lowest BCUT2D eigenvalue weighted by molar-refractivity contribution is 0.0516. The lowest BCUT2D eigenvalue weighted by atomic mass is 10.1. The number of ether oxygens (including phenoxy) is 1. The fraction of sp³-hybridized carbons (Fsp3) is 0.231. The molecule has 0 radical (unpaired) electrons. The van der Waals surface area contributed by atoms with Gasteiger partial charge in [0.05, 0.1) is 6.61 Å². The van der Waals surface area contributed by atoms with Crippen LogP contribution in [0.1, 0.15) is 23.0 Å². The largest absolute Gasteiger partial charge is 0.504 e. The first kappa shape index (κ1) is 12.2. The second-order valence-electron chi connectivity index (χ2n) is 3.88. The van der Waals surface area contributed by atoms with Crippen molar-refractivity contribution in [3.05, 3.63) is 35.5 Å². The predicted octanol–water partition coefficient (Wildman–Crippen LogP) is 2.27. The molecule has 0 saturated heterocycles. The Hall–Kier alpha value is -2.30. The van der Waals surface area contributed by atoms with E-state index in [0.717, 1.165) is 11.1 Å². The molecule has 5 nitrogen and oxygen atoms in total. The summed E-state index contributed by atoms with van der Waals surface area (Å²) in [5.41, 5.74) is 2.18. The first-order valence-corrected chi connectivity index (χ1v) is 5.65. The Morgan fingerprint density at radius 2 is 2.06 bits per heavy atom. The van der Waals surface area contributed by atoms with Crippen LogP contribution in [0.15, 0.2) is 24.3 Å². The number of benzene rings is 1. The zero-order valence-electron chi connectivity index (χ0n) is 10.2. The van der Waals surface area contributed by atoms with Gasteiger partial charge in [-0.2, -0.15) is 5.10 Å². The van der Waals surface area contributed by atoms with Crippen molar-refractivity contribution < 1.29 is 14.6 Å². The molecule has 1 heterocycles. The molecular formula is C13H14N2O3. The van der Waals surface area contributed by atoms with Crippen molar-refractivity contribution in [2.75, 3.05) is 6.61 Å². The summed E-state index contributed by atoms with van der Waals surface area (Å²) in [6, 6.07) is 7.49. The molecule has 0 atom stereocenters. The molecule has 5 heteroatoms. The first-order valence-electron chi connectivity index (χ1n) is 5.65. The summed E-state index contributed by atoms with van der Waals surface area (Å²) >= 11 is 0. The third kappa shape index (κ3) is 2.20. The van der Waals surface area contributed by atoms with Gasteiger partial charge in [-0.05, 0) is 13.8 Å². The number of aromatic amines is 1. The van der Waals surface area contributed by atoms with Crippen molar-refractivity contribution in [2.24, 2.45) is 0 Å². The van der Waals surface area contributed by atoms with Gasteiger partial charge < -0.3 is 9.84 Å². The minimum atomic E-state index is -0.610. The van der Waals surface area contributed by atoms with Crippen molar-refractivity contribution in [1.82, 2.24) is 10.2 Å². The third-order valence-electron chi connectivity index (χ3n) is 2.55. The molecule has 2 rings (SSSR count). The van der Waals surface area contributed by atoms with Crippen molar-refractivity contribution in [2.45, 2.75) is 13.8 Å². The number of H-pyrrole nitrogens is 1. The van der Waals surface area contributed by atoms with Gasteiger partial charge in [0, 0.05) is 5.56 Å². The Morgan fingerprint density at radius 3 is 2.67 bits per heavy atom. The average molecular weight is 246 g/mol. The van der Waals surface area contributed by atoms with Gasteiger partial charge in [0.15, 0.2) is 11.4 Å². The number of aromatic nitrogens is 2. The molecule has 0 spiro atoms. The second kappa shape index (κ2) is 4.91.